The van der Waals surface area contributed by atoms with E-state index in [0.717, 1.165) is 38.8 Å². The lowest BCUT2D eigenvalue weighted by Gasteiger charge is -2.30. The summed E-state index contributed by atoms with van der Waals surface area (Å²) in [6, 6.07) is 9.57. The van der Waals surface area contributed by atoms with Gasteiger partial charge in [0.15, 0.2) is 0 Å². The second-order valence-electron chi connectivity index (χ2n) is 7.18. The summed E-state index contributed by atoms with van der Waals surface area (Å²) in [7, 11) is 0. The molecule has 2 fully saturated rings. The van der Waals surface area contributed by atoms with Gasteiger partial charge in [0.25, 0.3) is 0 Å². The van der Waals surface area contributed by atoms with Crippen LogP contribution in [0.4, 0.5) is 0 Å². The maximum Gasteiger partial charge on any atom is 0.223 e. The number of benzene rings is 1. The summed E-state index contributed by atoms with van der Waals surface area (Å²) in [5.41, 5.74) is 2.86. The molecule has 1 N–H and O–H groups in total. The topological polar surface area (TPSA) is 32.3 Å². The Kier molecular flexibility index (Phi) is 3.91. The van der Waals surface area contributed by atoms with Crippen LogP contribution in [0.3, 0.4) is 0 Å². The number of nitrogens with one attached hydrogen (secondary N) is 1. The maximum atomic E-state index is 12.9. The quantitative estimate of drug-likeness (QED) is 0.906. The SMILES string of the molecule is O=C(CCC1CCNC1)N(C1CC1)C1CCc2ccccc21. The monoisotopic (exact) mass is 298 g/mol. The molecular weight excluding hydrogens is 272 g/mol. The molecule has 22 heavy (non-hydrogen) atoms. The van der Waals surface area contributed by atoms with Gasteiger partial charge in [-0.05, 0) is 68.7 Å². The van der Waals surface area contributed by atoms with Crippen molar-refractivity contribution in [2.24, 2.45) is 5.92 Å². The Morgan fingerprint density at radius 3 is 2.82 bits per heavy atom. The number of amides is 1. The third-order valence-corrected chi connectivity index (χ3v) is 5.59. The van der Waals surface area contributed by atoms with E-state index in [4.69, 9.17) is 0 Å². The number of aryl methyl sites for hydroxylation is 1. The van der Waals surface area contributed by atoms with Gasteiger partial charge in [-0.1, -0.05) is 24.3 Å². The number of carbonyl (C=O) groups is 1. The smallest absolute Gasteiger partial charge is 0.223 e. The van der Waals surface area contributed by atoms with Crippen LogP contribution in [0.1, 0.15) is 55.7 Å². The van der Waals surface area contributed by atoms with Crippen molar-refractivity contribution in [3.05, 3.63) is 35.4 Å². The van der Waals surface area contributed by atoms with Crippen molar-refractivity contribution in [2.75, 3.05) is 13.1 Å². The van der Waals surface area contributed by atoms with Gasteiger partial charge in [-0.2, -0.15) is 0 Å². The molecule has 118 valence electrons. The van der Waals surface area contributed by atoms with Gasteiger partial charge in [-0.15, -0.1) is 0 Å². The molecule has 1 heterocycles. The van der Waals surface area contributed by atoms with Crippen molar-refractivity contribution in [3.8, 4) is 0 Å². The van der Waals surface area contributed by atoms with Gasteiger partial charge in [0.1, 0.15) is 0 Å². The number of rotatable bonds is 5. The molecule has 1 aromatic rings. The van der Waals surface area contributed by atoms with Crippen LogP contribution in [0.2, 0.25) is 0 Å². The maximum absolute atomic E-state index is 12.9. The molecular formula is C19H26N2O. The molecule has 0 radical (unpaired) electrons. The summed E-state index contributed by atoms with van der Waals surface area (Å²) < 4.78 is 0. The molecule has 2 aliphatic carbocycles. The van der Waals surface area contributed by atoms with E-state index in [1.165, 1.54) is 30.4 Å². The Morgan fingerprint density at radius 2 is 2.05 bits per heavy atom. The second kappa shape index (κ2) is 6.04. The fourth-order valence-electron chi connectivity index (χ4n) is 4.23. The average molecular weight is 298 g/mol. The van der Waals surface area contributed by atoms with Crippen molar-refractivity contribution in [2.45, 2.75) is 57.0 Å². The predicted octanol–water partition coefficient (Wildman–Crippen LogP) is 3.05. The minimum atomic E-state index is 0.345. The van der Waals surface area contributed by atoms with Crippen molar-refractivity contribution >= 4 is 5.91 Å². The molecule has 1 amide bonds. The summed E-state index contributed by atoms with van der Waals surface area (Å²) in [5.74, 6) is 1.11. The van der Waals surface area contributed by atoms with E-state index in [-0.39, 0.29) is 0 Å². The molecule has 4 rings (SSSR count). The zero-order valence-electron chi connectivity index (χ0n) is 13.3. The van der Waals surface area contributed by atoms with Crippen LogP contribution in [0, 0.1) is 5.92 Å². The summed E-state index contributed by atoms with van der Waals surface area (Å²) in [4.78, 5) is 15.1. The van der Waals surface area contributed by atoms with E-state index < -0.39 is 0 Å². The van der Waals surface area contributed by atoms with Gasteiger partial charge >= 0.3 is 0 Å². The number of nitrogens with zero attached hydrogens (tertiary/aromatic N) is 1. The third kappa shape index (κ3) is 2.79. The van der Waals surface area contributed by atoms with Crippen molar-refractivity contribution in [1.29, 1.82) is 0 Å². The Labute approximate surface area is 133 Å². The Hall–Kier alpha value is -1.35. The first-order valence-corrected chi connectivity index (χ1v) is 8.92. The van der Waals surface area contributed by atoms with Gasteiger partial charge in [-0.3, -0.25) is 4.79 Å². The van der Waals surface area contributed by atoms with Crippen LogP contribution in [-0.4, -0.2) is 29.9 Å². The Morgan fingerprint density at radius 1 is 1.18 bits per heavy atom. The largest absolute Gasteiger partial charge is 0.333 e. The zero-order chi connectivity index (χ0) is 14.9. The van der Waals surface area contributed by atoms with Crippen LogP contribution < -0.4 is 5.32 Å². The average Bonchev–Trinajstić information content (AvgIpc) is 3.07. The lowest BCUT2D eigenvalue weighted by molar-refractivity contribution is -0.134. The third-order valence-electron chi connectivity index (χ3n) is 5.59. The van der Waals surface area contributed by atoms with E-state index in [0.29, 0.717) is 23.9 Å². The number of fused-ring (bicyclic) bond motifs is 1. The predicted molar refractivity (Wildman–Crippen MR) is 87.6 cm³/mol. The second-order valence-corrected chi connectivity index (χ2v) is 7.18. The molecule has 2 atom stereocenters. The van der Waals surface area contributed by atoms with Gasteiger partial charge in [0.2, 0.25) is 5.91 Å². The zero-order valence-corrected chi connectivity index (χ0v) is 13.3. The van der Waals surface area contributed by atoms with Crippen molar-refractivity contribution in [1.82, 2.24) is 10.2 Å². The summed E-state index contributed by atoms with van der Waals surface area (Å²) >= 11 is 0. The molecule has 0 spiro atoms. The molecule has 0 aromatic heterocycles. The van der Waals surface area contributed by atoms with Crippen molar-refractivity contribution < 1.29 is 4.79 Å². The first-order chi connectivity index (χ1) is 10.8. The van der Waals surface area contributed by atoms with Crippen LogP contribution >= 0.6 is 0 Å². The normalized spacial score (nSPS) is 26.9. The van der Waals surface area contributed by atoms with Crippen LogP contribution in [-0.2, 0) is 11.2 Å². The number of carbonyl (C=O) groups excluding carboxylic acids is 1. The van der Waals surface area contributed by atoms with Crippen LogP contribution in [0.5, 0.6) is 0 Å². The van der Waals surface area contributed by atoms with Gasteiger partial charge in [0, 0.05) is 12.5 Å². The van der Waals surface area contributed by atoms with Gasteiger partial charge < -0.3 is 10.2 Å². The highest BCUT2D eigenvalue weighted by molar-refractivity contribution is 5.77. The Balaban J connectivity index is 1.46. The summed E-state index contributed by atoms with van der Waals surface area (Å²) in [5, 5.41) is 3.40. The van der Waals surface area contributed by atoms with E-state index in [1.54, 1.807) is 0 Å². The molecule has 1 aromatic carbocycles. The fraction of sp³-hybridized carbons (Fsp3) is 0.632. The molecule has 1 saturated carbocycles. The molecule has 3 heteroatoms. The van der Waals surface area contributed by atoms with Crippen LogP contribution in [0.15, 0.2) is 24.3 Å². The highest BCUT2D eigenvalue weighted by Gasteiger charge is 2.40. The fourth-order valence-corrected chi connectivity index (χ4v) is 4.23. The molecule has 1 saturated heterocycles. The van der Waals surface area contributed by atoms with E-state index in [2.05, 4.69) is 34.5 Å². The standard InChI is InChI=1S/C19H26N2O/c22-19(10-5-14-11-12-20-13-14)21(16-7-8-16)18-9-6-15-3-1-2-4-17(15)18/h1-4,14,16,18,20H,5-13H2. The summed E-state index contributed by atoms with van der Waals surface area (Å²) in [6.07, 6.45) is 7.69. The lowest BCUT2D eigenvalue weighted by Crippen LogP contribution is -2.36. The molecule has 0 bridgehead atoms. The lowest BCUT2D eigenvalue weighted by atomic mass is 10.0. The van der Waals surface area contributed by atoms with Crippen molar-refractivity contribution in [3.63, 3.8) is 0 Å². The summed E-state index contributed by atoms with van der Waals surface area (Å²) in [6.45, 7) is 2.23. The molecule has 3 nitrogen and oxygen atoms in total. The molecule has 1 aliphatic heterocycles. The van der Waals surface area contributed by atoms with Gasteiger partial charge in [-0.25, -0.2) is 0 Å². The highest BCUT2D eigenvalue weighted by Crippen LogP contribution is 2.42. The minimum Gasteiger partial charge on any atom is -0.333 e. The van der Waals surface area contributed by atoms with Crippen LogP contribution in [0.25, 0.3) is 0 Å². The van der Waals surface area contributed by atoms with Gasteiger partial charge in [0.05, 0.1) is 6.04 Å². The first-order valence-electron chi connectivity index (χ1n) is 8.92. The molecule has 2 unspecified atom stereocenters. The first kappa shape index (κ1) is 14.3. The Bertz CT molecular complexity index is 546. The highest BCUT2D eigenvalue weighted by atomic mass is 16.2. The molecule has 3 aliphatic rings. The number of hydrogen-bond donors (Lipinski definition) is 1. The minimum absolute atomic E-state index is 0.345. The van der Waals surface area contributed by atoms with E-state index >= 15 is 0 Å². The van der Waals surface area contributed by atoms with E-state index in [1.807, 2.05) is 0 Å². The number of hydrogen-bond acceptors (Lipinski definition) is 2. The van der Waals surface area contributed by atoms with E-state index in [9.17, 15) is 4.79 Å².